The number of anilines is 1. The number of aromatic nitrogens is 3. The number of aromatic amines is 1. The molecule has 1 N–H and O–H groups in total. The first-order valence-electron chi connectivity index (χ1n) is 7.72. The van der Waals surface area contributed by atoms with Gasteiger partial charge in [0.1, 0.15) is 5.69 Å². The minimum Gasteiger partial charge on any atom is -0.466 e. The van der Waals surface area contributed by atoms with Crippen molar-refractivity contribution >= 4 is 11.9 Å². The second kappa shape index (κ2) is 6.46. The number of esters is 1. The van der Waals surface area contributed by atoms with E-state index in [1.807, 2.05) is 32.6 Å². The second-order valence-electron chi connectivity index (χ2n) is 6.59. The molecule has 1 aromatic heterocycles. The summed E-state index contributed by atoms with van der Waals surface area (Å²) in [6.45, 7) is 9.31. The summed E-state index contributed by atoms with van der Waals surface area (Å²) in [4.78, 5) is 28.6. The third-order valence-corrected chi connectivity index (χ3v) is 3.81. The van der Waals surface area contributed by atoms with Gasteiger partial charge in [0.05, 0.1) is 12.5 Å². The van der Waals surface area contributed by atoms with Crippen LogP contribution in [0.5, 0.6) is 0 Å². The number of piperidine rings is 1. The number of carbonyl (C=O) groups excluding carboxylic acids is 1. The van der Waals surface area contributed by atoms with Crippen LogP contribution in [0.3, 0.4) is 0 Å². The summed E-state index contributed by atoms with van der Waals surface area (Å²) < 4.78 is 5.05. The van der Waals surface area contributed by atoms with E-state index in [-0.39, 0.29) is 22.9 Å². The number of nitrogens with one attached hydrogen (secondary N) is 1. The molecule has 0 spiro atoms. The minimum absolute atomic E-state index is 0.0651. The first kappa shape index (κ1) is 16.5. The molecule has 0 radical (unpaired) electrons. The van der Waals surface area contributed by atoms with Crippen molar-refractivity contribution in [2.24, 2.45) is 5.92 Å². The zero-order chi connectivity index (χ0) is 16.3. The van der Waals surface area contributed by atoms with Gasteiger partial charge < -0.3 is 9.64 Å². The maximum absolute atomic E-state index is 12.1. The van der Waals surface area contributed by atoms with Gasteiger partial charge in [-0.15, -0.1) is 10.2 Å². The Balaban J connectivity index is 2.05. The average Bonchev–Trinajstić information content (AvgIpc) is 2.46. The quantitative estimate of drug-likeness (QED) is 0.845. The molecule has 2 heterocycles. The lowest BCUT2D eigenvalue weighted by molar-refractivity contribution is -0.148. The molecular weight excluding hydrogens is 284 g/mol. The lowest BCUT2D eigenvalue weighted by atomic mass is 9.93. The second-order valence-corrected chi connectivity index (χ2v) is 6.59. The highest BCUT2D eigenvalue weighted by molar-refractivity contribution is 5.72. The molecule has 122 valence electrons. The average molecular weight is 308 g/mol. The van der Waals surface area contributed by atoms with Crippen molar-refractivity contribution < 1.29 is 9.53 Å². The van der Waals surface area contributed by atoms with Crippen LogP contribution in [0.1, 0.15) is 46.2 Å². The van der Waals surface area contributed by atoms with E-state index in [2.05, 4.69) is 15.2 Å². The Labute approximate surface area is 130 Å². The largest absolute Gasteiger partial charge is 0.466 e. The van der Waals surface area contributed by atoms with Crippen LogP contribution in [-0.2, 0) is 14.9 Å². The fourth-order valence-electron chi connectivity index (χ4n) is 2.55. The number of hydrogen-bond acceptors (Lipinski definition) is 6. The number of carbonyl (C=O) groups is 1. The zero-order valence-corrected chi connectivity index (χ0v) is 13.7. The van der Waals surface area contributed by atoms with E-state index in [0.29, 0.717) is 44.2 Å². The lowest BCUT2D eigenvalue weighted by Crippen LogP contribution is -2.39. The molecule has 0 atom stereocenters. The molecule has 22 heavy (non-hydrogen) atoms. The van der Waals surface area contributed by atoms with E-state index in [9.17, 15) is 9.59 Å². The molecule has 0 bridgehead atoms. The van der Waals surface area contributed by atoms with Gasteiger partial charge in [0.25, 0.3) is 5.56 Å². The number of ether oxygens (including phenoxy) is 1. The molecule has 2 rings (SSSR count). The third-order valence-electron chi connectivity index (χ3n) is 3.81. The normalized spacial score (nSPS) is 16.6. The molecule has 0 aliphatic carbocycles. The summed E-state index contributed by atoms with van der Waals surface area (Å²) in [7, 11) is 0. The maximum Gasteiger partial charge on any atom is 0.309 e. The summed E-state index contributed by atoms with van der Waals surface area (Å²) in [6.07, 6.45) is 1.40. The molecule has 0 amide bonds. The summed E-state index contributed by atoms with van der Waals surface area (Å²) in [6, 6.07) is 0. The van der Waals surface area contributed by atoms with E-state index < -0.39 is 0 Å². The minimum atomic E-state index is -0.337. The molecule has 1 fully saturated rings. The van der Waals surface area contributed by atoms with Gasteiger partial charge in [0, 0.05) is 18.5 Å². The fraction of sp³-hybridized carbons (Fsp3) is 0.733. The van der Waals surface area contributed by atoms with Crippen molar-refractivity contribution in [1.29, 1.82) is 0 Å². The van der Waals surface area contributed by atoms with Gasteiger partial charge in [-0.3, -0.25) is 14.6 Å². The van der Waals surface area contributed by atoms with Crippen molar-refractivity contribution in [1.82, 2.24) is 15.2 Å². The van der Waals surface area contributed by atoms with Crippen LogP contribution in [0, 0.1) is 5.92 Å². The first-order valence-corrected chi connectivity index (χ1v) is 7.72. The van der Waals surface area contributed by atoms with Crippen LogP contribution in [0.15, 0.2) is 4.79 Å². The van der Waals surface area contributed by atoms with E-state index in [4.69, 9.17) is 4.74 Å². The Hall–Kier alpha value is -1.92. The maximum atomic E-state index is 12.1. The SMILES string of the molecule is CCOC(=O)C1CCN(c2nnc(C(C)(C)C)c(=O)[nH]2)CC1. The van der Waals surface area contributed by atoms with E-state index in [1.54, 1.807) is 0 Å². The van der Waals surface area contributed by atoms with Crippen LogP contribution in [0.2, 0.25) is 0 Å². The van der Waals surface area contributed by atoms with E-state index in [0.717, 1.165) is 0 Å². The van der Waals surface area contributed by atoms with Crippen molar-refractivity contribution in [3.63, 3.8) is 0 Å². The number of hydrogen-bond donors (Lipinski definition) is 1. The highest BCUT2D eigenvalue weighted by Gasteiger charge is 2.28. The molecule has 0 saturated carbocycles. The highest BCUT2D eigenvalue weighted by atomic mass is 16.5. The predicted molar refractivity (Wildman–Crippen MR) is 82.9 cm³/mol. The summed E-state index contributed by atoms with van der Waals surface area (Å²) in [5, 5.41) is 8.22. The lowest BCUT2D eigenvalue weighted by Gasteiger charge is -2.31. The number of nitrogens with zero attached hydrogens (tertiary/aromatic N) is 3. The van der Waals surface area contributed by atoms with Crippen molar-refractivity contribution in [2.45, 2.75) is 46.0 Å². The van der Waals surface area contributed by atoms with Crippen molar-refractivity contribution in [3.05, 3.63) is 16.0 Å². The van der Waals surface area contributed by atoms with E-state index in [1.165, 1.54) is 0 Å². The standard InChI is InChI=1S/C15H24N4O3/c1-5-22-13(21)10-6-8-19(9-7-10)14-16-12(20)11(17-18-14)15(2,3)4/h10H,5-9H2,1-4H3,(H,16,18,20). The summed E-state index contributed by atoms with van der Waals surface area (Å²) >= 11 is 0. The van der Waals surface area contributed by atoms with Crippen LogP contribution in [0.25, 0.3) is 0 Å². The summed E-state index contributed by atoms with van der Waals surface area (Å²) in [5.74, 6) is 0.273. The Morgan fingerprint density at radius 3 is 2.45 bits per heavy atom. The molecule has 0 aromatic carbocycles. The van der Waals surface area contributed by atoms with Gasteiger partial charge in [0.15, 0.2) is 0 Å². The van der Waals surface area contributed by atoms with Gasteiger partial charge in [0.2, 0.25) is 5.95 Å². The van der Waals surface area contributed by atoms with Crippen molar-refractivity contribution in [3.8, 4) is 0 Å². The Bertz CT molecular complexity index is 583. The molecule has 1 aromatic rings. The van der Waals surface area contributed by atoms with Crippen LogP contribution in [-0.4, -0.2) is 40.8 Å². The molecule has 0 unspecified atom stereocenters. The van der Waals surface area contributed by atoms with Crippen LogP contribution >= 0.6 is 0 Å². The van der Waals surface area contributed by atoms with Gasteiger partial charge in [-0.05, 0) is 19.8 Å². The topological polar surface area (TPSA) is 88.2 Å². The molecule has 1 aliphatic heterocycles. The fourth-order valence-corrected chi connectivity index (χ4v) is 2.55. The number of rotatable bonds is 3. The van der Waals surface area contributed by atoms with Gasteiger partial charge >= 0.3 is 5.97 Å². The van der Waals surface area contributed by atoms with Crippen LogP contribution in [0.4, 0.5) is 5.95 Å². The first-order chi connectivity index (χ1) is 10.3. The molecule has 7 nitrogen and oxygen atoms in total. The summed E-state index contributed by atoms with van der Waals surface area (Å²) in [5.41, 5.74) is -0.113. The Kier molecular flexibility index (Phi) is 4.83. The molecule has 1 saturated heterocycles. The molecule has 1 aliphatic rings. The smallest absolute Gasteiger partial charge is 0.309 e. The third kappa shape index (κ3) is 3.64. The molecule has 7 heteroatoms. The van der Waals surface area contributed by atoms with Gasteiger partial charge in [-0.25, -0.2) is 0 Å². The van der Waals surface area contributed by atoms with Crippen molar-refractivity contribution in [2.75, 3.05) is 24.6 Å². The Morgan fingerprint density at radius 1 is 1.32 bits per heavy atom. The predicted octanol–water partition coefficient (Wildman–Crippen LogP) is 1.24. The monoisotopic (exact) mass is 308 g/mol. The van der Waals surface area contributed by atoms with E-state index >= 15 is 0 Å². The number of H-pyrrole nitrogens is 1. The van der Waals surface area contributed by atoms with Gasteiger partial charge in [-0.1, -0.05) is 20.8 Å². The highest BCUT2D eigenvalue weighted by Crippen LogP contribution is 2.21. The van der Waals surface area contributed by atoms with Gasteiger partial charge in [-0.2, -0.15) is 0 Å². The zero-order valence-electron chi connectivity index (χ0n) is 13.7. The Morgan fingerprint density at radius 2 is 1.95 bits per heavy atom. The molecular formula is C15H24N4O3. The van der Waals surface area contributed by atoms with Crippen LogP contribution < -0.4 is 10.5 Å².